The molecule has 1 aromatic heterocycles. The number of allylic oxidation sites excluding steroid dienone is 2. The Morgan fingerprint density at radius 2 is 1.77 bits per heavy atom. The third kappa shape index (κ3) is 4.49. The van der Waals surface area contributed by atoms with Gasteiger partial charge in [0.1, 0.15) is 18.7 Å². The Morgan fingerprint density at radius 1 is 1.10 bits per heavy atom. The maximum Gasteiger partial charge on any atom is 0.417 e. The van der Waals surface area contributed by atoms with Crippen molar-refractivity contribution >= 4 is 46.2 Å². The number of nitrogens with zero attached hydrogens (tertiary/aromatic N) is 4. The summed E-state index contributed by atoms with van der Waals surface area (Å²) in [5.74, 6) is -0.967. The van der Waals surface area contributed by atoms with Gasteiger partial charge < -0.3 is 0 Å². The average Bonchev–Trinajstić information content (AvgIpc) is 3.22. The molecule has 152 valence electrons. The van der Waals surface area contributed by atoms with E-state index in [4.69, 9.17) is 34.8 Å². The van der Waals surface area contributed by atoms with Gasteiger partial charge in [-0.05, 0) is 42.0 Å². The van der Waals surface area contributed by atoms with E-state index in [2.05, 4.69) is 10.1 Å². The van der Waals surface area contributed by atoms with E-state index < -0.39 is 23.1 Å². The first-order valence-electron chi connectivity index (χ1n) is 7.99. The van der Waals surface area contributed by atoms with Gasteiger partial charge in [-0.2, -0.15) is 23.5 Å². The monoisotopic (exact) mass is 470 g/mol. The lowest BCUT2D eigenvalue weighted by Crippen LogP contribution is -2.13. The van der Waals surface area contributed by atoms with Crippen molar-refractivity contribution in [3.05, 3.63) is 80.8 Å². The van der Waals surface area contributed by atoms with Gasteiger partial charge in [-0.1, -0.05) is 34.8 Å². The molecule has 0 spiro atoms. The smallest absolute Gasteiger partial charge is 0.289 e. The van der Waals surface area contributed by atoms with Crippen LogP contribution in [-0.2, 0) is 0 Å². The standard InChI is InChI=1S/C19H8Cl3F3N4O/c20-14-4-11(5-15(21)18(14)22)13(19(23,24)25)6-17(30)10-1-2-16(12(3-10)7-26)29-9-27-8-28-29/h1-6,8-9H. The zero-order valence-corrected chi connectivity index (χ0v) is 16.9. The van der Waals surface area contributed by atoms with Crippen LogP contribution in [0.3, 0.4) is 0 Å². The van der Waals surface area contributed by atoms with Gasteiger partial charge in [-0.25, -0.2) is 9.67 Å². The van der Waals surface area contributed by atoms with Crippen LogP contribution in [0.4, 0.5) is 13.2 Å². The summed E-state index contributed by atoms with van der Waals surface area (Å²) in [6, 6.07) is 7.66. The summed E-state index contributed by atoms with van der Waals surface area (Å²) >= 11 is 17.4. The number of aromatic nitrogens is 3. The number of halogens is 6. The van der Waals surface area contributed by atoms with Crippen molar-refractivity contribution in [1.82, 2.24) is 14.8 Å². The van der Waals surface area contributed by atoms with Gasteiger partial charge in [0.15, 0.2) is 5.78 Å². The number of hydrogen-bond acceptors (Lipinski definition) is 4. The summed E-state index contributed by atoms with van der Waals surface area (Å²) in [4.78, 5) is 16.3. The molecule has 0 fully saturated rings. The van der Waals surface area contributed by atoms with E-state index in [0.717, 1.165) is 12.1 Å². The molecule has 0 amide bonds. The molecule has 0 N–H and O–H groups in total. The van der Waals surface area contributed by atoms with Crippen molar-refractivity contribution in [3.63, 3.8) is 0 Å². The second-order valence-electron chi connectivity index (χ2n) is 5.86. The van der Waals surface area contributed by atoms with Gasteiger partial charge in [0, 0.05) is 5.56 Å². The Bertz CT molecular complexity index is 1180. The minimum Gasteiger partial charge on any atom is -0.289 e. The van der Waals surface area contributed by atoms with Gasteiger partial charge in [0.25, 0.3) is 0 Å². The Kier molecular flexibility index (Phi) is 6.17. The van der Waals surface area contributed by atoms with E-state index in [-0.39, 0.29) is 26.2 Å². The minimum absolute atomic E-state index is 0.0332. The second-order valence-corrected chi connectivity index (χ2v) is 7.05. The summed E-state index contributed by atoms with van der Waals surface area (Å²) in [5.41, 5.74) is -1.45. The van der Waals surface area contributed by atoms with Crippen LogP contribution in [-0.4, -0.2) is 26.7 Å². The fraction of sp³-hybridized carbons (Fsp3) is 0.0526. The third-order valence-electron chi connectivity index (χ3n) is 3.94. The quantitative estimate of drug-likeness (QED) is 0.269. The van der Waals surface area contributed by atoms with Crippen LogP contribution in [0.5, 0.6) is 0 Å². The minimum atomic E-state index is -4.88. The van der Waals surface area contributed by atoms with Crippen molar-refractivity contribution in [2.45, 2.75) is 6.18 Å². The molecule has 2 aromatic carbocycles. The van der Waals surface area contributed by atoms with E-state index in [1.54, 1.807) is 0 Å². The number of benzene rings is 2. The molecule has 0 bridgehead atoms. The largest absolute Gasteiger partial charge is 0.417 e. The zero-order valence-electron chi connectivity index (χ0n) is 14.6. The highest BCUT2D eigenvalue weighted by Crippen LogP contribution is 2.39. The summed E-state index contributed by atoms with van der Waals surface area (Å²) in [6.07, 6.45) is -1.87. The average molecular weight is 472 g/mol. The Balaban J connectivity index is 2.07. The molecule has 3 aromatic rings. The summed E-state index contributed by atoms with van der Waals surface area (Å²) in [6.45, 7) is 0. The molecular formula is C19H8Cl3F3N4O. The Hall–Kier alpha value is -2.86. The molecule has 30 heavy (non-hydrogen) atoms. The van der Waals surface area contributed by atoms with E-state index >= 15 is 0 Å². The van der Waals surface area contributed by atoms with Crippen LogP contribution in [0.1, 0.15) is 21.5 Å². The van der Waals surface area contributed by atoms with Crippen LogP contribution in [0.15, 0.2) is 49.1 Å². The van der Waals surface area contributed by atoms with Gasteiger partial charge in [0.2, 0.25) is 0 Å². The summed E-state index contributed by atoms with van der Waals surface area (Å²) in [5, 5.41) is 12.7. The van der Waals surface area contributed by atoms with Gasteiger partial charge in [-0.3, -0.25) is 4.79 Å². The maximum atomic E-state index is 13.6. The predicted octanol–water partition coefficient (Wildman–Crippen LogP) is 5.93. The van der Waals surface area contributed by atoms with Crippen LogP contribution in [0, 0.1) is 11.3 Å². The first-order valence-corrected chi connectivity index (χ1v) is 9.12. The normalized spacial score (nSPS) is 12.0. The lowest BCUT2D eigenvalue weighted by Gasteiger charge is -2.14. The molecule has 0 aliphatic heterocycles. The highest BCUT2D eigenvalue weighted by molar-refractivity contribution is 6.48. The number of carbonyl (C=O) groups excluding carboxylic acids is 1. The molecule has 11 heteroatoms. The van der Waals surface area contributed by atoms with Gasteiger partial charge in [0.05, 0.1) is 31.9 Å². The molecule has 0 saturated carbocycles. The first kappa shape index (κ1) is 21.8. The van der Waals surface area contributed by atoms with Crippen LogP contribution in [0.25, 0.3) is 11.3 Å². The number of rotatable bonds is 4. The third-order valence-corrected chi connectivity index (χ3v) is 5.14. The lowest BCUT2D eigenvalue weighted by molar-refractivity contribution is -0.0689. The van der Waals surface area contributed by atoms with Crippen molar-refractivity contribution < 1.29 is 18.0 Å². The predicted molar refractivity (Wildman–Crippen MR) is 106 cm³/mol. The zero-order chi connectivity index (χ0) is 22.1. The number of carbonyl (C=O) groups is 1. The van der Waals surface area contributed by atoms with Gasteiger partial charge in [-0.15, -0.1) is 0 Å². The molecule has 0 radical (unpaired) electrons. The molecule has 0 atom stereocenters. The van der Waals surface area contributed by atoms with E-state index in [9.17, 15) is 23.2 Å². The Morgan fingerprint density at radius 3 is 2.30 bits per heavy atom. The van der Waals surface area contributed by atoms with E-state index in [0.29, 0.717) is 11.8 Å². The topological polar surface area (TPSA) is 71.6 Å². The molecule has 0 saturated heterocycles. The lowest BCUT2D eigenvalue weighted by atomic mass is 10.00. The van der Waals surface area contributed by atoms with Crippen molar-refractivity contribution in [2.75, 3.05) is 0 Å². The van der Waals surface area contributed by atoms with Crippen LogP contribution in [0.2, 0.25) is 15.1 Å². The number of ketones is 1. The highest BCUT2D eigenvalue weighted by atomic mass is 35.5. The van der Waals surface area contributed by atoms with Crippen molar-refractivity contribution in [3.8, 4) is 11.8 Å². The fourth-order valence-electron chi connectivity index (χ4n) is 2.57. The van der Waals surface area contributed by atoms with E-state index in [1.165, 1.54) is 35.5 Å². The first-order chi connectivity index (χ1) is 14.1. The number of hydrogen-bond donors (Lipinski definition) is 0. The van der Waals surface area contributed by atoms with Crippen molar-refractivity contribution in [1.29, 1.82) is 5.26 Å². The molecule has 3 rings (SSSR count). The van der Waals surface area contributed by atoms with E-state index in [1.807, 2.05) is 6.07 Å². The summed E-state index contributed by atoms with van der Waals surface area (Å²) in [7, 11) is 0. The number of nitriles is 1. The summed E-state index contributed by atoms with van der Waals surface area (Å²) < 4.78 is 42.2. The van der Waals surface area contributed by atoms with Crippen LogP contribution < -0.4 is 0 Å². The molecule has 0 unspecified atom stereocenters. The fourth-order valence-corrected chi connectivity index (χ4v) is 3.16. The van der Waals surface area contributed by atoms with Crippen LogP contribution >= 0.6 is 34.8 Å². The molecular weight excluding hydrogens is 464 g/mol. The highest BCUT2D eigenvalue weighted by Gasteiger charge is 2.36. The molecule has 0 aliphatic rings. The Labute approximate surface area is 182 Å². The SMILES string of the molecule is N#Cc1cc(C(=O)C=C(c2cc(Cl)c(Cl)c(Cl)c2)C(F)(F)F)ccc1-n1cncn1. The second kappa shape index (κ2) is 8.48. The van der Waals surface area contributed by atoms with Crippen molar-refractivity contribution in [2.24, 2.45) is 0 Å². The van der Waals surface area contributed by atoms with Gasteiger partial charge >= 0.3 is 6.18 Å². The number of alkyl halides is 3. The molecule has 1 heterocycles. The molecule has 0 aliphatic carbocycles. The maximum absolute atomic E-state index is 13.6. The molecule has 5 nitrogen and oxygen atoms in total.